The molecule has 0 aliphatic heterocycles. The van der Waals surface area contributed by atoms with Crippen molar-refractivity contribution in [3.05, 3.63) is 57.6 Å². The number of rotatable bonds is 9. The number of hydrogen-bond acceptors (Lipinski definition) is 6. The van der Waals surface area contributed by atoms with Crippen LogP contribution in [0.2, 0.25) is 0 Å². The second-order valence-corrected chi connectivity index (χ2v) is 6.83. The minimum atomic E-state index is -0.466. The molecular weight excluding hydrogens is 368 g/mol. The van der Waals surface area contributed by atoms with Gasteiger partial charge in [0.05, 0.1) is 30.8 Å². The van der Waals surface area contributed by atoms with Crippen molar-refractivity contribution in [2.24, 2.45) is 0 Å². The number of carbonyl (C=O) groups excluding carboxylic acids is 1. The van der Waals surface area contributed by atoms with Crippen LogP contribution in [0.3, 0.4) is 0 Å². The molecule has 0 heterocycles. The molecule has 2 aromatic rings. The molecule has 2 rings (SSSR count). The third-order valence-electron chi connectivity index (χ3n) is 3.89. The summed E-state index contributed by atoms with van der Waals surface area (Å²) in [5.41, 5.74) is 1.00. The van der Waals surface area contributed by atoms with E-state index in [9.17, 15) is 14.9 Å². The van der Waals surface area contributed by atoms with Crippen LogP contribution in [0.1, 0.15) is 22.8 Å². The predicted octanol–water partition coefficient (Wildman–Crippen LogP) is 3.70. The van der Waals surface area contributed by atoms with E-state index in [2.05, 4.69) is 5.32 Å². The average Bonchev–Trinajstić information content (AvgIpc) is 2.67. The Bertz CT molecular complexity index is 826. The van der Waals surface area contributed by atoms with Crippen molar-refractivity contribution >= 4 is 23.4 Å². The molecule has 0 aromatic heterocycles. The van der Waals surface area contributed by atoms with Crippen molar-refractivity contribution in [3.8, 4) is 11.5 Å². The van der Waals surface area contributed by atoms with Gasteiger partial charge in [0.1, 0.15) is 0 Å². The van der Waals surface area contributed by atoms with Crippen molar-refractivity contribution in [2.75, 3.05) is 26.5 Å². The SMILES string of the molecule is CCSc1ccccc1C(=O)NCCc1cc(OC)c(OC)cc1[N+](=O)[O-]. The van der Waals surface area contributed by atoms with E-state index in [0.29, 0.717) is 29.0 Å². The molecule has 0 atom stereocenters. The number of carbonyl (C=O) groups is 1. The van der Waals surface area contributed by atoms with E-state index in [4.69, 9.17) is 9.47 Å². The largest absolute Gasteiger partial charge is 0.493 e. The highest BCUT2D eigenvalue weighted by atomic mass is 32.2. The summed E-state index contributed by atoms with van der Waals surface area (Å²) in [7, 11) is 2.89. The number of nitrogens with zero attached hydrogens (tertiary/aromatic N) is 1. The molecule has 144 valence electrons. The van der Waals surface area contributed by atoms with Gasteiger partial charge in [-0.15, -0.1) is 11.8 Å². The lowest BCUT2D eigenvalue weighted by atomic mass is 10.1. The monoisotopic (exact) mass is 390 g/mol. The Labute approximate surface area is 162 Å². The number of nitro benzene ring substituents is 1. The van der Waals surface area contributed by atoms with Gasteiger partial charge in [-0.3, -0.25) is 14.9 Å². The Morgan fingerprint density at radius 3 is 2.48 bits per heavy atom. The Morgan fingerprint density at radius 2 is 1.85 bits per heavy atom. The normalized spacial score (nSPS) is 10.3. The third kappa shape index (κ3) is 5.13. The van der Waals surface area contributed by atoms with E-state index in [1.807, 2.05) is 25.1 Å². The third-order valence-corrected chi connectivity index (χ3v) is 4.85. The maximum atomic E-state index is 12.5. The smallest absolute Gasteiger partial charge is 0.276 e. The van der Waals surface area contributed by atoms with Gasteiger partial charge in [0.2, 0.25) is 0 Å². The van der Waals surface area contributed by atoms with Crippen LogP contribution in [0.4, 0.5) is 5.69 Å². The van der Waals surface area contributed by atoms with Gasteiger partial charge in [-0.05, 0) is 30.4 Å². The summed E-state index contributed by atoms with van der Waals surface area (Å²) in [4.78, 5) is 24.3. The maximum Gasteiger partial charge on any atom is 0.276 e. The Kier molecular flexibility index (Phi) is 7.48. The molecule has 0 aliphatic rings. The number of hydrogen-bond donors (Lipinski definition) is 1. The summed E-state index contributed by atoms with van der Waals surface area (Å²) in [5.74, 6) is 1.37. The number of ether oxygens (including phenoxy) is 2. The van der Waals surface area contributed by atoms with E-state index in [1.165, 1.54) is 20.3 Å². The van der Waals surface area contributed by atoms with Gasteiger partial charge >= 0.3 is 0 Å². The molecule has 2 aromatic carbocycles. The number of nitro groups is 1. The van der Waals surface area contributed by atoms with Gasteiger partial charge in [0.15, 0.2) is 11.5 Å². The van der Waals surface area contributed by atoms with Crippen LogP contribution in [0.5, 0.6) is 11.5 Å². The minimum absolute atomic E-state index is 0.0659. The van der Waals surface area contributed by atoms with Crippen molar-refractivity contribution < 1.29 is 19.2 Å². The number of thioether (sulfide) groups is 1. The molecule has 0 radical (unpaired) electrons. The first-order valence-electron chi connectivity index (χ1n) is 8.41. The summed E-state index contributed by atoms with van der Waals surface area (Å²) < 4.78 is 10.3. The summed E-state index contributed by atoms with van der Waals surface area (Å²) in [6.45, 7) is 2.29. The van der Waals surface area contributed by atoms with Gasteiger partial charge < -0.3 is 14.8 Å². The Morgan fingerprint density at radius 1 is 1.19 bits per heavy atom. The van der Waals surface area contributed by atoms with Crippen molar-refractivity contribution in [2.45, 2.75) is 18.2 Å². The van der Waals surface area contributed by atoms with Gasteiger partial charge in [-0.1, -0.05) is 19.1 Å². The minimum Gasteiger partial charge on any atom is -0.493 e. The summed E-state index contributed by atoms with van der Waals surface area (Å²) in [6.07, 6.45) is 0.297. The van der Waals surface area contributed by atoms with Crippen LogP contribution in [0.15, 0.2) is 41.3 Å². The van der Waals surface area contributed by atoms with Crippen LogP contribution in [0, 0.1) is 10.1 Å². The highest BCUT2D eigenvalue weighted by Crippen LogP contribution is 2.34. The lowest BCUT2D eigenvalue weighted by Crippen LogP contribution is -2.26. The fourth-order valence-corrected chi connectivity index (χ4v) is 3.42. The van der Waals surface area contributed by atoms with Gasteiger partial charge in [-0.2, -0.15) is 0 Å². The number of benzene rings is 2. The second-order valence-electron chi connectivity index (χ2n) is 5.53. The van der Waals surface area contributed by atoms with Crippen LogP contribution in [0.25, 0.3) is 0 Å². The first-order valence-corrected chi connectivity index (χ1v) is 9.39. The highest BCUT2D eigenvalue weighted by Gasteiger charge is 2.19. The summed E-state index contributed by atoms with van der Waals surface area (Å²) in [6, 6.07) is 10.3. The van der Waals surface area contributed by atoms with Crippen molar-refractivity contribution in [1.82, 2.24) is 5.32 Å². The standard InChI is InChI=1S/C19H22N2O5S/c1-4-27-18-8-6-5-7-14(18)19(22)20-10-9-13-11-16(25-2)17(26-3)12-15(13)21(23)24/h5-8,11-12H,4,9-10H2,1-3H3,(H,20,22). The van der Waals surface area contributed by atoms with Crippen LogP contribution < -0.4 is 14.8 Å². The molecule has 0 bridgehead atoms. The molecule has 0 unspecified atom stereocenters. The van der Waals surface area contributed by atoms with Gasteiger partial charge in [0.25, 0.3) is 11.6 Å². The molecular formula is C19H22N2O5S. The quantitative estimate of drug-likeness (QED) is 0.399. The fraction of sp³-hybridized carbons (Fsp3) is 0.316. The van der Waals surface area contributed by atoms with E-state index in [0.717, 1.165) is 10.6 Å². The van der Waals surface area contributed by atoms with Crippen LogP contribution in [-0.4, -0.2) is 37.3 Å². The molecule has 0 saturated heterocycles. The lowest BCUT2D eigenvalue weighted by molar-refractivity contribution is -0.385. The van der Waals surface area contributed by atoms with E-state index in [-0.39, 0.29) is 18.1 Å². The van der Waals surface area contributed by atoms with E-state index in [1.54, 1.807) is 23.9 Å². The predicted molar refractivity (Wildman–Crippen MR) is 105 cm³/mol. The van der Waals surface area contributed by atoms with Crippen LogP contribution in [-0.2, 0) is 6.42 Å². The number of nitrogens with one attached hydrogen (secondary N) is 1. The molecule has 0 aliphatic carbocycles. The zero-order valence-electron chi connectivity index (χ0n) is 15.5. The summed E-state index contributed by atoms with van der Waals surface area (Å²) >= 11 is 1.59. The molecule has 27 heavy (non-hydrogen) atoms. The number of methoxy groups -OCH3 is 2. The molecule has 0 saturated carbocycles. The molecule has 8 heteroatoms. The van der Waals surface area contributed by atoms with Crippen LogP contribution >= 0.6 is 11.8 Å². The maximum absolute atomic E-state index is 12.5. The molecule has 0 spiro atoms. The van der Waals surface area contributed by atoms with Crippen molar-refractivity contribution in [3.63, 3.8) is 0 Å². The lowest BCUT2D eigenvalue weighted by Gasteiger charge is -2.12. The van der Waals surface area contributed by atoms with Crippen molar-refractivity contribution in [1.29, 1.82) is 0 Å². The highest BCUT2D eigenvalue weighted by molar-refractivity contribution is 7.99. The molecule has 7 nitrogen and oxygen atoms in total. The number of amides is 1. The molecule has 1 N–H and O–H groups in total. The fourth-order valence-electron chi connectivity index (χ4n) is 2.62. The van der Waals surface area contributed by atoms with E-state index >= 15 is 0 Å². The van der Waals surface area contributed by atoms with Gasteiger partial charge in [-0.25, -0.2) is 0 Å². The summed E-state index contributed by atoms with van der Waals surface area (Å²) in [5, 5.41) is 14.2. The topological polar surface area (TPSA) is 90.7 Å². The van der Waals surface area contributed by atoms with E-state index < -0.39 is 4.92 Å². The molecule has 1 amide bonds. The Balaban J connectivity index is 2.13. The zero-order chi connectivity index (χ0) is 19.8. The second kappa shape index (κ2) is 9.82. The zero-order valence-corrected chi connectivity index (χ0v) is 16.3. The Hall–Kier alpha value is -2.74. The molecule has 0 fully saturated rings. The van der Waals surface area contributed by atoms with Gasteiger partial charge in [0, 0.05) is 17.0 Å². The first-order chi connectivity index (χ1) is 13.0. The first kappa shape index (κ1) is 20.6. The average molecular weight is 390 g/mol.